The summed E-state index contributed by atoms with van der Waals surface area (Å²) in [5.74, 6) is -2.05. The molecule has 1 fully saturated rings. The highest BCUT2D eigenvalue weighted by molar-refractivity contribution is 9.10. The number of hydrogen-bond donors (Lipinski definition) is 2. The summed E-state index contributed by atoms with van der Waals surface area (Å²) in [5.41, 5.74) is 1.78. The molecule has 1 amide bonds. The molecule has 1 aromatic rings. The van der Waals surface area contributed by atoms with Crippen molar-refractivity contribution in [3.63, 3.8) is 0 Å². The third kappa shape index (κ3) is 3.15. The first-order valence-electron chi connectivity index (χ1n) is 6.29. The molecule has 0 aromatic heterocycles. The van der Waals surface area contributed by atoms with Gasteiger partial charge in [0.15, 0.2) is 0 Å². The van der Waals surface area contributed by atoms with E-state index in [1.807, 2.05) is 25.1 Å². The summed E-state index contributed by atoms with van der Waals surface area (Å²) >= 11 is 3.40. The Morgan fingerprint density at radius 3 is 2.63 bits per heavy atom. The van der Waals surface area contributed by atoms with Crippen LogP contribution in [0.25, 0.3) is 0 Å². The van der Waals surface area contributed by atoms with Gasteiger partial charge >= 0.3 is 5.97 Å². The Morgan fingerprint density at radius 2 is 2.00 bits per heavy atom. The van der Waals surface area contributed by atoms with Crippen molar-refractivity contribution in [1.29, 1.82) is 0 Å². The van der Waals surface area contributed by atoms with Gasteiger partial charge in [-0.3, -0.25) is 9.59 Å². The Balaban J connectivity index is 2.10. The Hall–Kier alpha value is -1.36. The quantitative estimate of drug-likeness (QED) is 0.896. The van der Waals surface area contributed by atoms with Crippen molar-refractivity contribution in [2.75, 3.05) is 5.32 Å². The van der Waals surface area contributed by atoms with E-state index in [9.17, 15) is 9.59 Å². The number of halogens is 1. The number of hydrogen-bond acceptors (Lipinski definition) is 2. The van der Waals surface area contributed by atoms with Gasteiger partial charge in [0.05, 0.1) is 17.5 Å². The zero-order chi connectivity index (χ0) is 14.0. The van der Waals surface area contributed by atoms with Gasteiger partial charge in [-0.05, 0) is 53.4 Å². The largest absolute Gasteiger partial charge is 0.481 e. The monoisotopic (exact) mass is 325 g/mol. The molecular weight excluding hydrogens is 310 g/mol. The summed E-state index contributed by atoms with van der Waals surface area (Å²) in [4.78, 5) is 23.3. The number of carboxylic acid groups (broad SMARTS) is 1. The maximum atomic E-state index is 12.2. The molecule has 0 radical (unpaired) electrons. The van der Waals surface area contributed by atoms with Gasteiger partial charge < -0.3 is 10.4 Å². The van der Waals surface area contributed by atoms with E-state index in [2.05, 4.69) is 21.2 Å². The topological polar surface area (TPSA) is 66.4 Å². The van der Waals surface area contributed by atoms with Crippen LogP contribution in [0.4, 0.5) is 5.69 Å². The van der Waals surface area contributed by atoms with Crippen LogP contribution in [-0.2, 0) is 9.59 Å². The first-order chi connectivity index (χ1) is 8.99. The van der Waals surface area contributed by atoms with Gasteiger partial charge in [0, 0.05) is 4.47 Å². The molecule has 5 heteroatoms. The predicted molar refractivity (Wildman–Crippen MR) is 76.0 cm³/mol. The lowest BCUT2D eigenvalue weighted by Gasteiger charge is -2.16. The number of nitrogens with one attached hydrogen (secondary N) is 1. The van der Waals surface area contributed by atoms with Gasteiger partial charge in [-0.1, -0.05) is 12.5 Å². The SMILES string of the molecule is Cc1ccc(NC(=O)C2CCCC2C(=O)O)c(Br)c1. The number of carbonyl (C=O) groups is 2. The zero-order valence-corrected chi connectivity index (χ0v) is 12.2. The van der Waals surface area contributed by atoms with Crippen LogP contribution in [0.5, 0.6) is 0 Å². The molecule has 0 bridgehead atoms. The van der Waals surface area contributed by atoms with E-state index in [1.165, 1.54) is 0 Å². The second-order valence-electron chi connectivity index (χ2n) is 4.95. The summed E-state index contributed by atoms with van der Waals surface area (Å²) in [7, 11) is 0. The maximum absolute atomic E-state index is 12.2. The molecule has 0 spiro atoms. The standard InChI is InChI=1S/C14H16BrNO3/c1-8-5-6-12(11(15)7-8)16-13(17)9-3-2-4-10(9)14(18)19/h5-7,9-10H,2-4H2,1H3,(H,16,17)(H,18,19). The Bertz CT molecular complexity index is 515. The first kappa shape index (κ1) is 14.1. The number of carboxylic acids is 1. The average molecular weight is 326 g/mol. The van der Waals surface area contributed by atoms with Gasteiger partial charge in [0.25, 0.3) is 0 Å². The smallest absolute Gasteiger partial charge is 0.307 e. The van der Waals surface area contributed by atoms with Crippen molar-refractivity contribution in [3.05, 3.63) is 28.2 Å². The van der Waals surface area contributed by atoms with Crippen LogP contribution in [-0.4, -0.2) is 17.0 Å². The highest BCUT2D eigenvalue weighted by atomic mass is 79.9. The van der Waals surface area contributed by atoms with Crippen LogP contribution in [0.3, 0.4) is 0 Å². The zero-order valence-electron chi connectivity index (χ0n) is 10.6. The molecule has 0 heterocycles. The summed E-state index contributed by atoms with van der Waals surface area (Å²) in [6.45, 7) is 1.97. The minimum absolute atomic E-state index is 0.200. The van der Waals surface area contributed by atoms with E-state index in [0.717, 1.165) is 16.5 Å². The number of aliphatic carboxylic acids is 1. The van der Waals surface area contributed by atoms with E-state index >= 15 is 0 Å². The number of carbonyl (C=O) groups excluding carboxylic acids is 1. The molecule has 2 atom stereocenters. The van der Waals surface area contributed by atoms with Crippen molar-refractivity contribution >= 4 is 33.5 Å². The van der Waals surface area contributed by atoms with E-state index in [-0.39, 0.29) is 5.91 Å². The summed E-state index contributed by atoms with van der Waals surface area (Å²) in [6, 6.07) is 5.64. The average Bonchev–Trinajstić information content (AvgIpc) is 2.82. The third-order valence-electron chi connectivity index (χ3n) is 3.55. The summed E-state index contributed by atoms with van der Waals surface area (Å²) in [5, 5.41) is 11.9. The fourth-order valence-electron chi connectivity index (χ4n) is 2.52. The van der Waals surface area contributed by atoms with E-state index < -0.39 is 17.8 Å². The van der Waals surface area contributed by atoms with E-state index in [4.69, 9.17) is 5.11 Å². The van der Waals surface area contributed by atoms with Crippen molar-refractivity contribution in [2.24, 2.45) is 11.8 Å². The number of rotatable bonds is 3. The second kappa shape index (κ2) is 5.74. The normalized spacial score (nSPS) is 22.2. The summed E-state index contributed by atoms with van der Waals surface area (Å²) < 4.78 is 0.811. The van der Waals surface area contributed by atoms with Crippen LogP contribution in [0.1, 0.15) is 24.8 Å². The second-order valence-corrected chi connectivity index (χ2v) is 5.81. The lowest BCUT2D eigenvalue weighted by molar-refractivity contribution is -0.145. The fraction of sp³-hybridized carbons (Fsp3) is 0.429. The molecule has 1 aliphatic carbocycles. The molecule has 0 aliphatic heterocycles. The molecule has 4 nitrogen and oxygen atoms in total. The lowest BCUT2D eigenvalue weighted by atomic mass is 9.95. The van der Waals surface area contributed by atoms with E-state index in [1.54, 1.807) is 0 Å². The Labute approximate surface area is 120 Å². The highest BCUT2D eigenvalue weighted by Gasteiger charge is 2.37. The van der Waals surface area contributed by atoms with Crippen LogP contribution in [0, 0.1) is 18.8 Å². The molecule has 2 unspecified atom stereocenters. The fourth-order valence-corrected chi connectivity index (χ4v) is 3.11. The van der Waals surface area contributed by atoms with Crippen LogP contribution in [0.15, 0.2) is 22.7 Å². The molecule has 2 N–H and O–H groups in total. The summed E-state index contributed by atoms with van der Waals surface area (Å²) in [6.07, 6.45) is 2.03. The van der Waals surface area contributed by atoms with Crippen molar-refractivity contribution < 1.29 is 14.7 Å². The predicted octanol–water partition coefficient (Wildman–Crippen LogP) is 3.20. The van der Waals surface area contributed by atoms with Crippen molar-refractivity contribution in [2.45, 2.75) is 26.2 Å². The van der Waals surface area contributed by atoms with Crippen LogP contribution >= 0.6 is 15.9 Å². The molecule has 1 aliphatic rings. The van der Waals surface area contributed by atoms with Gasteiger partial charge in [0.2, 0.25) is 5.91 Å². The molecule has 2 rings (SSSR count). The number of amides is 1. The Kier molecular flexibility index (Phi) is 4.24. The van der Waals surface area contributed by atoms with Crippen molar-refractivity contribution in [1.82, 2.24) is 0 Å². The molecule has 1 aromatic carbocycles. The van der Waals surface area contributed by atoms with Gasteiger partial charge in [-0.25, -0.2) is 0 Å². The highest BCUT2D eigenvalue weighted by Crippen LogP contribution is 2.33. The number of aryl methyl sites for hydroxylation is 1. The molecule has 102 valence electrons. The number of anilines is 1. The number of benzene rings is 1. The molecule has 0 saturated heterocycles. The maximum Gasteiger partial charge on any atom is 0.307 e. The van der Waals surface area contributed by atoms with Gasteiger partial charge in [-0.15, -0.1) is 0 Å². The van der Waals surface area contributed by atoms with Gasteiger partial charge in [0.1, 0.15) is 0 Å². The molecular formula is C14H16BrNO3. The molecule has 19 heavy (non-hydrogen) atoms. The van der Waals surface area contributed by atoms with Gasteiger partial charge in [-0.2, -0.15) is 0 Å². The minimum atomic E-state index is -0.874. The minimum Gasteiger partial charge on any atom is -0.481 e. The van der Waals surface area contributed by atoms with E-state index in [0.29, 0.717) is 18.5 Å². The van der Waals surface area contributed by atoms with Crippen LogP contribution in [0.2, 0.25) is 0 Å². The van der Waals surface area contributed by atoms with Crippen molar-refractivity contribution in [3.8, 4) is 0 Å². The van der Waals surface area contributed by atoms with Crippen LogP contribution < -0.4 is 5.32 Å². The lowest BCUT2D eigenvalue weighted by Crippen LogP contribution is -2.30. The molecule has 1 saturated carbocycles. The first-order valence-corrected chi connectivity index (χ1v) is 7.08. The third-order valence-corrected chi connectivity index (χ3v) is 4.21. The Morgan fingerprint density at radius 1 is 1.32 bits per heavy atom.